The van der Waals surface area contributed by atoms with Crippen molar-refractivity contribution in [1.82, 2.24) is 10.2 Å². The molecule has 1 unspecified atom stereocenters. The number of hydrogen-bond acceptors (Lipinski definition) is 3. The number of carbonyl (C=O) groups excluding carboxylic acids is 2. The van der Waals surface area contributed by atoms with Crippen molar-refractivity contribution in [1.29, 1.82) is 0 Å². The van der Waals surface area contributed by atoms with Crippen LogP contribution >= 0.6 is 23.4 Å². The Morgan fingerprint density at radius 1 is 0.944 bits per heavy atom. The average molecular weight is 527 g/mol. The summed E-state index contributed by atoms with van der Waals surface area (Å²) in [7, 11) is 0. The summed E-state index contributed by atoms with van der Waals surface area (Å²) >= 11 is 7.69. The highest BCUT2D eigenvalue weighted by atomic mass is 35.5. The third-order valence-electron chi connectivity index (χ3n) is 5.51. The third-order valence-corrected chi connectivity index (χ3v) is 6.84. The van der Waals surface area contributed by atoms with Crippen LogP contribution in [0.2, 0.25) is 5.02 Å². The van der Waals surface area contributed by atoms with Gasteiger partial charge in [-0.2, -0.15) is 0 Å². The molecular formula is C29H32ClFN2O2S. The summed E-state index contributed by atoms with van der Waals surface area (Å²) < 4.78 is 14.6. The molecule has 1 N–H and O–H groups in total. The molecule has 0 fully saturated rings. The first-order valence-corrected chi connectivity index (χ1v) is 13.4. The van der Waals surface area contributed by atoms with Gasteiger partial charge in [0.2, 0.25) is 11.8 Å². The third kappa shape index (κ3) is 8.38. The Kier molecular flexibility index (Phi) is 9.97. The van der Waals surface area contributed by atoms with E-state index in [1.807, 2.05) is 75.4 Å². The van der Waals surface area contributed by atoms with Crippen LogP contribution in [-0.4, -0.2) is 34.0 Å². The van der Waals surface area contributed by atoms with Crippen molar-refractivity contribution in [2.24, 2.45) is 0 Å². The predicted octanol–water partition coefficient (Wildman–Crippen LogP) is 6.27. The Labute approximate surface area is 222 Å². The van der Waals surface area contributed by atoms with Gasteiger partial charge in [0.25, 0.3) is 0 Å². The molecule has 36 heavy (non-hydrogen) atoms. The maximum Gasteiger partial charge on any atom is 0.243 e. The highest BCUT2D eigenvalue weighted by molar-refractivity contribution is 7.99. The molecule has 0 bridgehead atoms. The van der Waals surface area contributed by atoms with Crippen molar-refractivity contribution in [2.75, 3.05) is 5.75 Å². The van der Waals surface area contributed by atoms with Crippen LogP contribution < -0.4 is 5.32 Å². The van der Waals surface area contributed by atoms with Gasteiger partial charge in [-0.25, -0.2) is 4.39 Å². The lowest BCUT2D eigenvalue weighted by Gasteiger charge is -2.34. The lowest BCUT2D eigenvalue weighted by Crippen LogP contribution is -2.54. The topological polar surface area (TPSA) is 49.4 Å². The van der Waals surface area contributed by atoms with Gasteiger partial charge in [0, 0.05) is 34.8 Å². The summed E-state index contributed by atoms with van der Waals surface area (Å²) in [6.45, 7) is 5.68. The minimum Gasteiger partial charge on any atom is -0.350 e. The molecule has 1 atom stereocenters. The molecule has 0 aromatic heterocycles. The molecule has 0 aliphatic heterocycles. The standard InChI is InChI=1S/C29H32ClFN2O2S/c1-29(2,3)32-28(35)26(17-21-11-5-4-6-12-21)33(18-22-13-8-10-16-25(22)31)27(34)20-36-19-23-14-7-9-15-24(23)30/h4-16,26H,17-20H2,1-3H3,(H,32,35). The highest BCUT2D eigenvalue weighted by Gasteiger charge is 2.32. The monoisotopic (exact) mass is 526 g/mol. The van der Waals surface area contributed by atoms with Gasteiger partial charge < -0.3 is 10.2 Å². The predicted molar refractivity (Wildman–Crippen MR) is 146 cm³/mol. The molecule has 0 radical (unpaired) electrons. The number of nitrogens with one attached hydrogen (secondary N) is 1. The van der Waals surface area contributed by atoms with Gasteiger partial charge in [0.1, 0.15) is 11.9 Å². The van der Waals surface area contributed by atoms with E-state index in [1.54, 1.807) is 18.2 Å². The second-order valence-electron chi connectivity index (χ2n) is 9.64. The van der Waals surface area contributed by atoms with Gasteiger partial charge in [-0.3, -0.25) is 9.59 Å². The summed E-state index contributed by atoms with van der Waals surface area (Å²) in [4.78, 5) is 28.6. The van der Waals surface area contributed by atoms with Crippen LogP contribution in [0.15, 0.2) is 78.9 Å². The number of hydrogen-bond donors (Lipinski definition) is 1. The van der Waals surface area contributed by atoms with E-state index in [9.17, 15) is 14.0 Å². The molecule has 0 aliphatic carbocycles. The van der Waals surface area contributed by atoms with E-state index >= 15 is 0 Å². The smallest absolute Gasteiger partial charge is 0.243 e. The Balaban J connectivity index is 1.89. The Morgan fingerprint density at radius 2 is 1.56 bits per heavy atom. The minimum absolute atomic E-state index is 0.00672. The summed E-state index contributed by atoms with van der Waals surface area (Å²) in [6.07, 6.45) is 0.318. The fourth-order valence-corrected chi connectivity index (χ4v) is 4.96. The van der Waals surface area contributed by atoms with Crippen molar-refractivity contribution in [2.45, 2.75) is 51.1 Å². The largest absolute Gasteiger partial charge is 0.350 e. The van der Waals surface area contributed by atoms with E-state index in [0.717, 1.165) is 11.1 Å². The first kappa shape index (κ1) is 27.8. The number of nitrogens with zero attached hydrogens (tertiary/aromatic N) is 1. The van der Waals surface area contributed by atoms with Crippen LogP contribution in [0.25, 0.3) is 0 Å². The Morgan fingerprint density at radius 3 is 2.19 bits per heavy atom. The van der Waals surface area contributed by atoms with Crippen LogP contribution in [0.5, 0.6) is 0 Å². The van der Waals surface area contributed by atoms with Gasteiger partial charge in [0.05, 0.1) is 5.75 Å². The molecule has 0 saturated carbocycles. The van der Waals surface area contributed by atoms with Crippen LogP contribution in [0.3, 0.4) is 0 Å². The van der Waals surface area contributed by atoms with Crippen molar-refractivity contribution >= 4 is 35.2 Å². The zero-order valence-corrected chi connectivity index (χ0v) is 22.4. The van der Waals surface area contributed by atoms with E-state index in [1.165, 1.54) is 22.7 Å². The molecular weight excluding hydrogens is 495 g/mol. The number of thioether (sulfide) groups is 1. The number of halogens is 2. The first-order valence-electron chi connectivity index (χ1n) is 11.8. The van der Waals surface area contributed by atoms with Crippen molar-refractivity contribution in [3.63, 3.8) is 0 Å². The SMILES string of the molecule is CC(C)(C)NC(=O)C(Cc1ccccc1)N(Cc1ccccc1F)C(=O)CSCc1ccccc1Cl. The minimum atomic E-state index is -0.806. The van der Waals surface area contributed by atoms with E-state index in [4.69, 9.17) is 11.6 Å². The zero-order chi connectivity index (χ0) is 26.1. The average Bonchev–Trinajstić information content (AvgIpc) is 2.83. The van der Waals surface area contributed by atoms with Crippen LogP contribution in [0.4, 0.5) is 4.39 Å². The molecule has 0 heterocycles. The first-order chi connectivity index (χ1) is 17.1. The van der Waals surface area contributed by atoms with E-state index in [2.05, 4.69) is 5.32 Å². The normalized spacial score (nSPS) is 12.1. The molecule has 4 nitrogen and oxygen atoms in total. The fraction of sp³-hybridized carbons (Fsp3) is 0.310. The van der Waals surface area contributed by atoms with E-state index < -0.39 is 17.4 Å². The molecule has 3 aromatic rings. The summed E-state index contributed by atoms with van der Waals surface area (Å²) in [6, 6.07) is 22.6. The lowest BCUT2D eigenvalue weighted by molar-refractivity contribution is -0.140. The summed E-state index contributed by atoms with van der Waals surface area (Å²) in [5.74, 6) is -0.231. The van der Waals surface area contributed by atoms with Crippen molar-refractivity contribution in [3.8, 4) is 0 Å². The van der Waals surface area contributed by atoms with Gasteiger partial charge in [-0.15, -0.1) is 11.8 Å². The van der Waals surface area contributed by atoms with Gasteiger partial charge >= 0.3 is 0 Å². The van der Waals surface area contributed by atoms with E-state index in [-0.39, 0.29) is 24.1 Å². The maximum absolute atomic E-state index is 14.6. The summed E-state index contributed by atoms with van der Waals surface area (Å²) in [5, 5.41) is 3.66. The molecule has 190 valence electrons. The molecule has 3 aromatic carbocycles. The second kappa shape index (κ2) is 12.9. The van der Waals surface area contributed by atoms with Crippen LogP contribution in [0, 0.1) is 5.82 Å². The van der Waals surface area contributed by atoms with Crippen LogP contribution in [-0.2, 0) is 28.3 Å². The van der Waals surface area contributed by atoms with Crippen LogP contribution in [0.1, 0.15) is 37.5 Å². The number of benzene rings is 3. The van der Waals surface area contributed by atoms with Gasteiger partial charge in [-0.1, -0.05) is 78.3 Å². The van der Waals surface area contributed by atoms with Gasteiger partial charge in [0.15, 0.2) is 0 Å². The van der Waals surface area contributed by atoms with Crippen molar-refractivity contribution < 1.29 is 14.0 Å². The molecule has 0 aliphatic rings. The maximum atomic E-state index is 14.6. The number of carbonyl (C=O) groups is 2. The molecule has 2 amide bonds. The molecule has 3 rings (SSSR count). The van der Waals surface area contributed by atoms with E-state index in [0.29, 0.717) is 22.8 Å². The Hall–Kier alpha value is -2.83. The highest BCUT2D eigenvalue weighted by Crippen LogP contribution is 2.23. The molecule has 0 saturated heterocycles. The Bertz CT molecular complexity index is 1170. The number of rotatable bonds is 10. The van der Waals surface area contributed by atoms with Crippen molar-refractivity contribution in [3.05, 3.63) is 106 Å². The quantitative estimate of drug-likeness (QED) is 0.339. The molecule has 7 heteroatoms. The summed E-state index contributed by atoms with van der Waals surface area (Å²) in [5.41, 5.74) is 1.73. The fourth-order valence-electron chi connectivity index (χ4n) is 3.76. The van der Waals surface area contributed by atoms with Gasteiger partial charge in [-0.05, 0) is 44.0 Å². The second-order valence-corrected chi connectivity index (χ2v) is 11.0. The lowest BCUT2D eigenvalue weighted by atomic mass is 10.0. The number of amides is 2. The zero-order valence-electron chi connectivity index (χ0n) is 20.8. The molecule has 0 spiro atoms.